The van der Waals surface area contributed by atoms with E-state index in [1.165, 1.54) is 0 Å². The van der Waals surface area contributed by atoms with Gasteiger partial charge in [-0.3, -0.25) is 9.69 Å². The minimum absolute atomic E-state index is 0.258. The Balaban J connectivity index is 2.43. The first-order valence-corrected chi connectivity index (χ1v) is 8.05. The molecule has 1 amide bonds. The molecule has 1 fully saturated rings. The van der Waals surface area contributed by atoms with E-state index in [9.17, 15) is 4.79 Å². The van der Waals surface area contributed by atoms with Crippen LogP contribution in [-0.4, -0.2) is 50.2 Å². The minimum atomic E-state index is -1.03. The first-order valence-electron chi connectivity index (χ1n) is 4.35. The molecule has 12 heavy (non-hydrogen) atoms. The summed E-state index contributed by atoms with van der Waals surface area (Å²) in [6, 6.07) is 0. The van der Waals surface area contributed by atoms with E-state index in [4.69, 9.17) is 0 Å². The van der Waals surface area contributed by atoms with Crippen LogP contribution >= 0.6 is 0 Å². The Morgan fingerprint density at radius 1 is 1.42 bits per heavy atom. The summed E-state index contributed by atoms with van der Waals surface area (Å²) in [6.45, 7) is 8.44. The third-order valence-electron chi connectivity index (χ3n) is 1.89. The molecule has 1 saturated heterocycles. The van der Waals surface area contributed by atoms with Gasteiger partial charge in [0.05, 0.1) is 21.3 Å². The molecule has 1 aliphatic heterocycles. The fourth-order valence-electron chi connectivity index (χ4n) is 1.52. The quantitative estimate of drug-likeness (QED) is 0.590. The van der Waals surface area contributed by atoms with Crippen LogP contribution in [0.5, 0.6) is 0 Å². The molecule has 0 radical (unpaired) electrons. The number of carbonyl (C=O) groups is 1. The molecule has 3 nitrogen and oxygen atoms in total. The summed E-state index contributed by atoms with van der Waals surface area (Å²) in [5.41, 5.74) is 0. The first-order chi connectivity index (χ1) is 5.38. The molecule has 1 rings (SSSR count). The lowest BCUT2D eigenvalue weighted by Gasteiger charge is -2.23. The van der Waals surface area contributed by atoms with Gasteiger partial charge in [-0.2, -0.15) is 0 Å². The lowest BCUT2D eigenvalue weighted by molar-refractivity contribution is -0.125. The molecular formula is C8H18N2OSi. The molecule has 0 unspecified atom stereocenters. The van der Waals surface area contributed by atoms with E-state index in [0.29, 0.717) is 6.54 Å². The number of rotatable bonds is 2. The summed E-state index contributed by atoms with van der Waals surface area (Å²) >= 11 is 0. The molecule has 0 aliphatic carbocycles. The van der Waals surface area contributed by atoms with Gasteiger partial charge in [-0.15, -0.1) is 0 Å². The minimum Gasteiger partial charge on any atom is -0.332 e. The maximum atomic E-state index is 11.2. The molecule has 0 aromatic carbocycles. The Labute approximate surface area is 75.4 Å². The van der Waals surface area contributed by atoms with E-state index >= 15 is 0 Å². The van der Waals surface area contributed by atoms with Gasteiger partial charge in [0.1, 0.15) is 0 Å². The highest BCUT2D eigenvalue weighted by Gasteiger charge is 2.27. The third-order valence-corrected chi connectivity index (χ3v) is 3.29. The van der Waals surface area contributed by atoms with Crippen molar-refractivity contribution in [3.8, 4) is 0 Å². The van der Waals surface area contributed by atoms with Crippen molar-refractivity contribution in [2.75, 3.05) is 26.4 Å². The van der Waals surface area contributed by atoms with Crippen LogP contribution in [0.4, 0.5) is 0 Å². The molecule has 4 heteroatoms. The molecule has 0 N–H and O–H groups in total. The van der Waals surface area contributed by atoms with Crippen LogP contribution in [0.2, 0.25) is 19.6 Å². The van der Waals surface area contributed by atoms with E-state index in [-0.39, 0.29) is 5.91 Å². The van der Waals surface area contributed by atoms with Crippen LogP contribution in [0.1, 0.15) is 0 Å². The van der Waals surface area contributed by atoms with E-state index in [1.54, 1.807) is 4.90 Å². The summed E-state index contributed by atoms with van der Waals surface area (Å²) in [5, 5.41) is 0. The number of likely N-dealkylation sites (N-methyl/N-ethyl adjacent to an activating group) is 1. The van der Waals surface area contributed by atoms with Gasteiger partial charge < -0.3 is 4.90 Å². The zero-order chi connectivity index (χ0) is 9.35. The highest BCUT2D eigenvalue weighted by molar-refractivity contribution is 6.76. The average Bonchev–Trinajstić information content (AvgIpc) is 2.07. The molecule has 1 heterocycles. The van der Waals surface area contributed by atoms with Crippen LogP contribution < -0.4 is 0 Å². The van der Waals surface area contributed by atoms with E-state index < -0.39 is 8.07 Å². The van der Waals surface area contributed by atoms with Crippen LogP contribution in [0.15, 0.2) is 0 Å². The number of hydrogen-bond donors (Lipinski definition) is 0. The number of nitrogens with zero attached hydrogens (tertiary/aromatic N) is 2. The normalized spacial score (nSPS) is 20.7. The Kier molecular flexibility index (Phi) is 2.58. The molecule has 0 aromatic heterocycles. The van der Waals surface area contributed by atoms with Gasteiger partial charge >= 0.3 is 0 Å². The van der Waals surface area contributed by atoms with Crippen molar-refractivity contribution < 1.29 is 4.79 Å². The second kappa shape index (κ2) is 3.18. The lowest BCUT2D eigenvalue weighted by Crippen LogP contribution is -2.39. The standard InChI is InChI=1S/C8H18N2OSi/c1-9-6-10(5-8(9)11)7-12(2,3)4/h5-7H2,1-4H3. The van der Waals surface area contributed by atoms with Gasteiger partial charge in [0.15, 0.2) is 0 Å². The van der Waals surface area contributed by atoms with Crippen molar-refractivity contribution in [1.29, 1.82) is 0 Å². The highest BCUT2D eigenvalue weighted by Crippen LogP contribution is 2.09. The van der Waals surface area contributed by atoms with Crippen LogP contribution in [0, 0.1) is 0 Å². The van der Waals surface area contributed by atoms with Gasteiger partial charge in [0, 0.05) is 7.05 Å². The van der Waals surface area contributed by atoms with Crippen LogP contribution in [0.25, 0.3) is 0 Å². The maximum absolute atomic E-state index is 11.2. The van der Waals surface area contributed by atoms with Crippen molar-refractivity contribution >= 4 is 14.0 Å². The maximum Gasteiger partial charge on any atom is 0.237 e. The van der Waals surface area contributed by atoms with Gasteiger partial charge in [-0.05, 0) is 6.17 Å². The van der Waals surface area contributed by atoms with Crippen molar-refractivity contribution in [2.24, 2.45) is 0 Å². The predicted octanol–water partition coefficient (Wildman–Crippen LogP) is 0.595. The fourth-order valence-corrected chi connectivity index (χ4v) is 3.07. The number of hydrogen-bond acceptors (Lipinski definition) is 2. The molecule has 70 valence electrons. The van der Waals surface area contributed by atoms with Crippen molar-refractivity contribution in [2.45, 2.75) is 19.6 Å². The Bertz CT molecular complexity index is 188. The summed E-state index contributed by atoms with van der Waals surface area (Å²) in [4.78, 5) is 15.2. The largest absolute Gasteiger partial charge is 0.332 e. The average molecular weight is 186 g/mol. The molecule has 0 bridgehead atoms. The Morgan fingerprint density at radius 3 is 2.33 bits per heavy atom. The van der Waals surface area contributed by atoms with Crippen molar-refractivity contribution in [3.05, 3.63) is 0 Å². The van der Waals surface area contributed by atoms with Crippen molar-refractivity contribution in [1.82, 2.24) is 9.80 Å². The molecule has 0 atom stereocenters. The molecule has 0 saturated carbocycles. The van der Waals surface area contributed by atoms with E-state index in [1.807, 2.05) is 7.05 Å². The number of amides is 1. The number of carbonyl (C=O) groups excluding carboxylic acids is 1. The fraction of sp³-hybridized carbons (Fsp3) is 0.875. The highest BCUT2D eigenvalue weighted by atomic mass is 28.3. The zero-order valence-electron chi connectivity index (χ0n) is 8.42. The summed E-state index contributed by atoms with van der Waals surface area (Å²) in [7, 11) is 0.833. The second-order valence-electron chi connectivity index (χ2n) is 4.78. The zero-order valence-corrected chi connectivity index (χ0v) is 9.42. The summed E-state index contributed by atoms with van der Waals surface area (Å²) < 4.78 is 0. The topological polar surface area (TPSA) is 23.6 Å². The van der Waals surface area contributed by atoms with E-state index in [2.05, 4.69) is 24.5 Å². The summed E-state index contributed by atoms with van der Waals surface area (Å²) in [5.74, 6) is 0.258. The summed E-state index contributed by atoms with van der Waals surface area (Å²) in [6.07, 6.45) is 1.13. The van der Waals surface area contributed by atoms with Gasteiger partial charge in [0.2, 0.25) is 5.91 Å². The van der Waals surface area contributed by atoms with Gasteiger partial charge in [0.25, 0.3) is 0 Å². The van der Waals surface area contributed by atoms with Gasteiger partial charge in [-0.25, -0.2) is 0 Å². The lowest BCUT2D eigenvalue weighted by atomic mass is 10.6. The molecule has 1 aliphatic rings. The Hall–Kier alpha value is -0.353. The van der Waals surface area contributed by atoms with Gasteiger partial charge in [-0.1, -0.05) is 19.6 Å². The molecule has 0 aromatic rings. The van der Waals surface area contributed by atoms with Crippen LogP contribution in [0.3, 0.4) is 0 Å². The second-order valence-corrected chi connectivity index (χ2v) is 10.2. The van der Waals surface area contributed by atoms with Crippen LogP contribution in [-0.2, 0) is 4.79 Å². The van der Waals surface area contributed by atoms with Crippen molar-refractivity contribution in [3.63, 3.8) is 0 Å². The molecule has 0 spiro atoms. The smallest absolute Gasteiger partial charge is 0.237 e. The van der Waals surface area contributed by atoms with E-state index in [0.717, 1.165) is 12.8 Å². The SMILES string of the molecule is CN1CN(C[Si](C)(C)C)CC1=O. The predicted molar refractivity (Wildman–Crippen MR) is 52.6 cm³/mol. The Morgan fingerprint density at radius 2 is 2.00 bits per heavy atom. The first kappa shape index (κ1) is 9.73. The monoisotopic (exact) mass is 186 g/mol. The third kappa shape index (κ3) is 2.60. The molecular weight excluding hydrogens is 168 g/mol.